The topological polar surface area (TPSA) is 43.4 Å². The smallest absolute Gasteiger partial charge is 0.173 e. The quantitative estimate of drug-likeness (QED) is 0.335. The molecule has 2 unspecified atom stereocenters. The summed E-state index contributed by atoms with van der Waals surface area (Å²) in [6.45, 7) is 1.88. The standard InChI is InChI=1S/C20H20O3/c1-3-7-18(15-8-5-4-6-9-15)19(14-21)20(22)16-10-12-17(23-2)13-11-16/h3-14,18-19H,1-2H3. The van der Waals surface area contributed by atoms with E-state index in [1.807, 2.05) is 49.4 Å². The lowest BCUT2D eigenvalue weighted by Crippen LogP contribution is -2.23. The molecule has 2 rings (SSSR count). The van der Waals surface area contributed by atoms with Crippen LogP contribution in [0.1, 0.15) is 28.8 Å². The zero-order valence-electron chi connectivity index (χ0n) is 13.3. The van der Waals surface area contributed by atoms with Crippen LogP contribution in [-0.2, 0) is 4.79 Å². The number of ether oxygens (including phenoxy) is 1. The lowest BCUT2D eigenvalue weighted by Gasteiger charge is -2.19. The summed E-state index contributed by atoms with van der Waals surface area (Å²) in [5.74, 6) is -0.526. The molecule has 0 bridgehead atoms. The van der Waals surface area contributed by atoms with Crippen LogP contribution in [0.25, 0.3) is 0 Å². The van der Waals surface area contributed by atoms with E-state index >= 15 is 0 Å². The van der Waals surface area contributed by atoms with Gasteiger partial charge in [0.1, 0.15) is 12.0 Å². The van der Waals surface area contributed by atoms with Crippen molar-refractivity contribution in [2.24, 2.45) is 5.92 Å². The number of benzene rings is 2. The number of hydrogen-bond acceptors (Lipinski definition) is 3. The Morgan fingerprint density at radius 1 is 1.04 bits per heavy atom. The molecule has 0 fully saturated rings. The van der Waals surface area contributed by atoms with E-state index in [0.717, 1.165) is 11.8 Å². The van der Waals surface area contributed by atoms with E-state index in [4.69, 9.17) is 4.74 Å². The number of hydrogen-bond donors (Lipinski definition) is 0. The van der Waals surface area contributed by atoms with Crippen molar-refractivity contribution in [2.75, 3.05) is 7.11 Å². The molecule has 3 nitrogen and oxygen atoms in total. The Hall–Kier alpha value is -2.68. The number of carbonyl (C=O) groups is 2. The minimum Gasteiger partial charge on any atom is -0.497 e. The van der Waals surface area contributed by atoms with Crippen LogP contribution in [-0.4, -0.2) is 19.2 Å². The van der Waals surface area contributed by atoms with Crippen molar-refractivity contribution in [1.82, 2.24) is 0 Å². The van der Waals surface area contributed by atoms with Crippen molar-refractivity contribution in [3.63, 3.8) is 0 Å². The van der Waals surface area contributed by atoms with Gasteiger partial charge in [-0.15, -0.1) is 0 Å². The van der Waals surface area contributed by atoms with Gasteiger partial charge in [0.2, 0.25) is 0 Å². The maximum absolute atomic E-state index is 12.8. The summed E-state index contributed by atoms with van der Waals surface area (Å²) in [6.07, 6.45) is 4.51. The highest BCUT2D eigenvalue weighted by Gasteiger charge is 2.28. The molecule has 2 aromatic rings. The van der Waals surface area contributed by atoms with Crippen molar-refractivity contribution in [2.45, 2.75) is 12.8 Å². The van der Waals surface area contributed by atoms with Crippen molar-refractivity contribution in [3.8, 4) is 5.75 Å². The maximum Gasteiger partial charge on any atom is 0.173 e. The number of rotatable bonds is 7. The molecule has 2 atom stereocenters. The fraction of sp³-hybridized carbons (Fsp3) is 0.200. The van der Waals surface area contributed by atoms with Crippen molar-refractivity contribution < 1.29 is 14.3 Å². The summed E-state index contributed by atoms with van der Waals surface area (Å²) in [5.41, 5.74) is 1.46. The molecule has 0 spiro atoms. The van der Waals surface area contributed by atoms with Crippen molar-refractivity contribution in [1.29, 1.82) is 0 Å². The van der Waals surface area contributed by atoms with Crippen LogP contribution in [0.4, 0.5) is 0 Å². The molecule has 0 aliphatic carbocycles. The van der Waals surface area contributed by atoms with Gasteiger partial charge in [-0.05, 0) is 36.8 Å². The molecule has 23 heavy (non-hydrogen) atoms. The third-order valence-corrected chi connectivity index (χ3v) is 3.80. The zero-order valence-corrected chi connectivity index (χ0v) is 13.3. The molecule has 3 heteroatoms. The molecule has 118 valence electrons. The van der Waals surface area contributed by atoms with Crippen molar-refractivity contribution >= 4 is 12.1 Å². The fourth-order valence-corrected chi connectivity index (χ4v) is 2.58. The molecule has 0 saturated heterocycles. The second kappa shape index (κ2) is 8.08. The van der Waals surface area contributed by atoms with Gasteiger partial charge in [-0.3, -0.25) is 4.79 Å². The molecule has 0 heterocycles. The highest BCUT2D eigenvalue weighted by Crippen LogP contribution is 2.28. The molecule has 0 aliphatic heterocycles. The summed E-state index contributed by atoms with van der Waals surface area (Å²) in [7, 11) is 1.57. The second-order valence-electron chi connectivity index (χ2n) is 5.22. The number of methoxy groups -OCH3 is 1. The maximum atomic E-state index is 12.8. The van der Waals surface area contributed by atoms with E-state index in [2.05, 4.69) is 0 Å². The molecule has 0 radical (unpaired) electrons. The number of Topliss-reactive ketones (excluding diaryl/α,β-unsaturated/α-hetero) is 1. The Labute approximate surface area is 136 Å². The van der Waals surface area contributed by atoms with Crippen LogP contribution in [0.5, 0.6) is 5.75 Å². The minimum absolute atomic E-state index is 0.186. The summed E-state index contributed by atoms with van der Waals surface area (Å²) in [4.78, 5) is 24.4. The van der Waals surface area contributed by atoms with E-state index in [-0.39, 0.29) is 11.7 Å². The first-order valence-corrected chi connectivity index (χ1v) is 7.52. The van der Waals surface area contributed by atoms with E-state index in [1.165, 1.54) is 0 Å². The molecule has 0 saturated carbocycles. The highest BCUT2D eigenvalue weighted by molar-refractivity contribution is 6.06. The molecule has 0 amide bonds. The van der Waals surface area contributed by atoms with Crippen LogP contribution in [0.3, 0.4) is 0 Å². The SMILES string of the molecule is CC=CC(c1ccccc1)C(C=O)C(=O)c1ccc(OC)cc1. The Balaban J connectivity index is 2.34. The summed E-state index contributed by atoms with van der Waals surface area (Å²) < 4.78 is 5.10. The zero-order chi connectivity index (χ0) is 16.7. The summed E-state index contributed by atoms with van der Waals surface area (Å²) in [5, 5.41) is 0. The number of allylic oxidation sites excluding steroid dienone is 2. The lowest BCUT2D eigenvalue weighted by atomic mass is 9.82. The van der Waals surface area contributed by atoms with Gasteiger partial charge in [0.25, 0.3) is 0 Å². The lowest BCUT2D eigenvalue weighted by molar-refractivity contribution is -0.110. The monoisotopic (exact) mass is 308 g/mol. The van der Waals surface area contributed by atoms with E-state index in [1.54, 1.807) is 31.4 Å². The van der Waals surface area contributed by atoms with Gasteiger partial charge in [0.15, 0.2) is 5.78 Å². The molecule has 0 aliphatic rings. The van der Waals surface area contributed by atoms with Crippen LogP contribution < -0.4 is 4.74 Å². The number of aldehydes is 1. The molecule has 0 N–H and O–H groups in total. The Bertz CT molecular complexity index is 672. The Kier molecular flexibility index (Phi) is 5.87. The van der Waals surface area contributed by atoms with Gasteiger partial charge in [-0.1, -0.05) is 42.5 Å². The average molecular weight is 308 g/mol. The van der Waals surface area contributed by atoms with Gasteiger partial charge in [0.05, 0.1) is 13.0 Å². The van der Waals surface area contributed by atoms with Crippen LogP contribution in [0.2, 0.25) is 0 Å². The first kappa shape index (κ1) is 16.7. The predicted molar refractivity (Wildman–Crippen MR) is 90.9 cm³/mol. The molecular formula is C20H20O3. The van der Waals surface area contributed by atoms with Gasteiger partial charge in [-0.2, -0.15) is 0 Å². The van der Waals surface area contributed by atoms with Crippen LogP contribution >= 0.6 is 0 Å². The third-order valence-electron chi connectivity index (χ3n) is 3.80. The molecule has 0 aromatic heterocycles. The second-order valence-corrected chi connectivity index (χ2v) is 5.22. The van der Waals surface area contributed by atoms with Crippen LogP contribution in [0, 0.1) is 5.92 Å². The fourth-order valence-electron chi connectivity index (χ4n) is 2.58. The van der Waals surface area contributed by atoms with E-state index in [0.29, 0.717) is 11.3 Å². The predicted octanol–water partition coefficient (Wildman–Crippen LogP) is 4.05. The Morgan fingerprint density at radius 3 is 2.22 bits per heavy atom. The summed E-state index contributed by atoms with van der Waals surface area (Å²) in [6, 6.07) is 16.4. The molecule has 2 aromatic carbocycles. The van der Waals surface area contributed by atoms with Gasteiger partial charge in [0, 0.05) is 11.5 Å². The Morgan fingerprint density at radius 2 is 1.70 bits per heavy atom. The average Bonchev–Trinajstić information content (AvgIpc) is 2.62. The van der Waals surface area contributed by atoms with Crippen molar-refractivity contribution in [3.05, 3.63) is 77.9 Å². The first-order chi connectivity index (χ1) is 11.2. The summed E-state index contributed by atoms with van der Waals surface area (Å²) >= 11 is 0. The van der Waals surface area contributed by atoms with Gasteiger partial charge < -0.3 is 9.53 Å². The largest absolute Gasteiger partial charge is 0.497 e. The van der Waals surface area contributed by atoms with Gasteiger partial charge >= 0.3 is 0 Å². The van der Waals surface area contributed by atoms with E-state index in [9.17, 15) is 9.59 Å². The minimum atomic E-state index is -0.748. The highest BCUT2D eigenvalue weighted by atomic mass is 16.5. The molecular weight excluding hydrogens is 288 g/mol. The number of carbonyl (C=O) groups excluding carboxylic acids is 2. The van der Waals surface area contributed by atoms with E-state index < -0.39 is 5.92 Å². The van der Waals surface area contributed by atoms with Crippen LogP contribution in [0.15, 0.2) is 66.7 Å². The number of ketones is 1. The third kappa shape index (κ3) is 3.95. The first-order valence-electron chi connectivity index (χ1n) is 7.52. The normalized spacial score (nSPS) is 13.5. The van der Waals surface area contributed by atoms with Gasteiger partial charge in [-0.25, -0.2) is 0 Å².